The Morgan fingerprint density at radius 3 is 2.30 bits per heavy atom. The predicted molar refractivity (Wildman–Crippen MR) is 90.9 cm³/mol. The van der Waals surface area contributed by atoms with Crippen molar-refractivity contribution in [3.8, 4) is 11.5 Å². The molecular weight excluding hydrogens is 292 g/mol. The average Bonchev–Trinajstić information content (AvgIpc) is 2.50. The van der Waals surface area contributed by atoms with Gasteiger partial charge in [0.1, 0.15) is 11.5 Å². The van der Waals surface area contributed by atoms with Gasteiger partial charge in [-0.3, -0.25) is 0 Å². The molecule has 0 aliphatic heterocycles. The Morgan fingerprint density at radius 2 is 1.70 bits per heavy atom. The van der Waals surface area contributed by atoms with Gasteiger partial charge in [0.05, 0.1) is 5.69 Å². The van der Waals surface area contributed by atoms with E-state index in [1.165, 1.54) is 11.6 Å². The second-order valence-electron chi connectivity index (χ2n) is 5.60. The van der Waals surface area contributed by atoms with E-state index in [-0.39, 0.29) is 5.75 Å². The maximum atomic E-state index is 11.9. The lowest BCUT2D eigenvalue weighted by molar-refractivity contribution is 0.183. The van der Waals surface area contributed by atoms with Gasteiger partial charge in [0.15, 0.2) is 6.23 Å². The predicted octanol–water partition coefficient (Wildman–Crippen LogP) is 4.06. The average molecular weight is 314 g/mol. The summed E-state index contributed by atoms with van der Waals surface area (Å²) < 4.78 is 5.65. The first-order valence-corrected chi connectivity index (χ1v) is 7.58. The highest BCUT2D eigenvalue weighted by Crippen LogP contribution is 2.21. The smallest absolute Gasteiger partial charge is 0.322 e. The number of amides is 2. The van der Waals surface area contributed by atoms with Crippen LogP contribution >= 0.6 is 0 Å². The maximum Gasteiger partial charge on any atom is 0.322 e. The molecule has 0 bridgehead atoms. The molecule has 0 heterocycles. The number of para-hydroxylation sites is 2. The summed E-state index contributed by atoms with van der Waals surface area (Å²) in [6, 6.07) is 13.9. The number of nitrogens with one attached hydrogen (secondary N) is 2. The topological polar surface area (TPSA) is 70.6 Å². The number of hydrogen-bond donors (Lipinski definition) is 3. The molecule has 0 fully saturated rings. The van der Waals surface area contributed by atoms with Gasteiger partial charge in [0.2, 0.25) is 0 Å². The normalized spacial score (nSPS) is 11.8. The lowest BCUT2D eigenvalue weighted by atomic mass is 10.0. The van der Waals surface area contributed by atoms with Crippen molar-refractivity contribution in [2.24, 2.45) is 0 Å². The van der Waals surface area contributed by atoms with E-state index in [1.54, 1.807) is 25.1 Å². The van der Waals surface area contributed by atoms with E-state index in [4.69, 9.17) is 4.74 Å². The van der Waals surface area contributed by atoms with Crippen molar-refractivity contribution < 1.29 is 14.6 Å². The molecule has 0 aromatic heterocycles. The fraction of sp³-hybridized carbons (Fsp3) is 0.278. The molecule has 1 atom stereocenters. The van der Waals surface area contributed by atoms with Gasteiger partial charge in [0, 0.05) is 0 Å². The van der Waals surface area contributed by atoms with Crippen molar-refractivity contribution in [3.63, 3.8) is 0 Å². The standard InChI is InChI=1S/C18H22N2O3/c1-12(2)14-8-10-15(11-9-14)23-13(3)19-18(22)20-16-6-4-5-7-17(16)21/h4-13,21H,1-3H3,(H2,19,20,22). The minimum absolute atomic E-state index is 0.0143. The van der Waals surface area contributed by atoms with Crippen LogP contribution in [0.3, 0.4) is 0 Å². The Bertz CT molecular complexity index is 654. The molecule has 5 heteroatoms. The first-order chi connectivity index (χ1) is 11.0. The number of rotatable bonds is 5. The number of carbonyl (C=O) groups excluding carboxylic acids is 1. The van der Waals surface area contributed by atoms with Crippen molar-refractivity contribution in [3.05, 3.63) is 54.1 Å². The molecule has 0 saturated heterocycles. The maximum absolute atomic E-state index is 11.9. The molecule has 0 saturated carbocycles. The number of ether oxygens (including phenoxy) is 1. The molecule has 2 rings (SSSR count). The Kier molecular flexibility index (Phi) is 5.46. The summed E-state index contributed by atoms with van der Waals surface area (Å²) >= 11 is 0. The van der Waals surface area contributed by atoms with Gasteiger partial charge in [-0.2, -0.15) is 0 Å². The van der Waals surface area contributed by atoms with Crippen LogP contribution in [0.4, 0.5) is 10.5 Å². The fourth-order valence-corrected chi connectivity index (χ4v) is 2.09. The minimum Gasteiger partial charge on any atom is -0.506 e. The van der Waals surface area contributed by atoms with Crippen LogP contribution < -0.4 is 15.4 Å². The molecule has 0 aliphatic rings. The van der Waals surface area contributed by atoms with Crippen LogP contribution in [-0.4, -0.2) is 17.4 Å². The largest absolute Gasteiger partial charge is 0.506 e. The van der Waals surface area contributed by atoms with E-state index in [0.717, 1.165) is 0 Å². The van der Waals surface area contributed by atoms with E-state index in [9.17, 15) is 9.90 Å². The molecule has 0 spiro atoms. The number of carbonyl (C=O) groups is 1. The van der Waals surface area contributed by atoms with Gasteiger partial charge in [-0.1, -0.05) is 38.1 Å². The Balaban J connectivity index is 1.87. The van der Waals surface area contributed by atoms with Crippen LogP contribution in [0, 0.1) is 0 Å². The van der Waals surface area contributed by atoms with Crippen molar-refractivity contribution in [1.82, 2.24) is 5.32 Å². The number of hydrogen-bond acceptors (Lipinski definition) is 3. The first-order valence-electron chi connectivity index (χ1n) is 7.58. The second-order valence-corrected chi connectivity index (χ2v) is 5.60. The Morgan fingerprint density at radius 1 is 1.04 bits per heavy atom. The third-order valence-electron chi connectivity index (χ3n) is 3.35. The van der Waals surface area contributed by atoms with Gasteiger partial charge < -0.3 is 20.5 Å². The summed E-state index contributed by atoms with van der Waals surface area (Å²) in [5.74, 6) is 1.16. The molecule has 23 heavy (non-hydrogen) atoms. The minimum atomic E-state index is -0.509. The molecule has 2 aromatic rings. The zero-order chi connectivity index (χ0) is 16.8. The number of phenolic OH excluding ortho intramolecular Hbond substituents is 1. The lowest BCUT2D eigenvalue weighted by Gasteiger charge is -2.17. The van der Waals surface area contributed by atoms with Crippen LogP contribution in [-0.2, 0) is 0 Å². The number of aromatic hydroxyl groups is 1. The lowest BCUT2D eigenvalue weighted by Crippen LogP contribution is -2.39. The van der Waals surface area contributed by atoms with Gasteiger partial charge in [-0.25, -0.2) is 4.79 Å². The summed E-state index contributed by atoms with van der Waals surface area (Å²) in [7, 11) is 0. The third-order valence-corrected chi connectivity index (χ3v) is 3.35. The van der Waals surface area contributed by atoms with E-state index in [2.05, 4.69) is 24.5 Å². The SMILES string of the molecule is CC(NC(=O)Nc1ccccc1O)Oc1ccc(C(C)C)cc1. The van der Waals surface area contributed by atoms with Crippen LogP contribution in [0.25, 0.3) is 0 Å². The third kappa shape index (κ3) is 4.92. The molecule has 122 valence electrons. The number of benzene rings is 2. The van der Waals surface area contributed by atoms with Gasteiger partial charge in [-0.15, -0.1) is 0 Å². The summed E-state index contributed by atoms with van der Waals surface area (Å²) in [4.78, 5) is 11.9. The molecule has 2 aromatic carbocycles. The van der Waals surface area contributed by atoms with Gasteiger partial charge in [0.25, 0.3) is 0 Å². The molecule has 5 nitrogen and oxygen atoms in total. The molecule has 1 unspecified atom stereocenters. The quantitative estimate of drug-likeness (QED) is 0.575. The van der Waals surface area contributed by atoms with E-state index < -0.39 is 12.3 Å². The molecule has 2 amide bonds. The van der Waals surface area contributed by atoms with Gasteiger partial charge in [-0.05, 0) is 42.7 Å². The van der Waals surface area contributed by atoms with Gasteiger partial charge >= 0.3 is 6.03 Å². The summed E-state index contributed by atoms with van der Waals surface area (Å²) in [6.07, 6.45) is -0.509. The number of urea groups is 1. The van der Waals surface area contributed by atoms with Crippen LogP contribution in [0.5, 0.6) is 11.5 Å². The summed E-state index contributed by atoms with van der Waals surface area (Å²) in [6.45, 7) is 5.99. The number of phenols is 1. The summed E-state index contributed by atoms with van der Waals surface area (Å²) in [5, 5.41) is 14.9. The summed E-state index contributed by atoms with van der Waals surface area (Å²) in [5.41, 5.74) is 1.58. The molecule has 0 aliphatic carbocycles. The highest BCUT2D eigenvalue weighted by atomic mass is 16.5. The van der Waals surface area contributed by atoms with Crippen molar-refractivity contribution in [2.45, 2.75) is 32.9 Å². The van der Waals surface area contributed by atoms with Crippen molar-refractivity contribution >= 4 is 11.7 Å². The van der Waals surface area contributed by atoms with Crippen LogP contribution in [0.1, 0.15) is 32.3 Å². The molecule has 3 N–H and O–H groups in total. The molecule has 0 radical (unpaired) electrons. The monoisotopic (exact) mass is 314 g/mol. The van der Waals surface area contributed by atoms with Crippen LogP contribution in [0.15, 0.2) is 48.5 Å². The highest BCUT2D eigenvalue weighted by Gasteiger charge is 2.10. The van der Waals surface area contributed by atoms with Crippen molar-refractivity contribution in [2.75, 3.05) is 5.32 Å². The zero-order valence-electron chi connectivity index (χ0n) is 13.5. The molecular formula is C18H22N2O3. The van der Waals surface area contributed by atoms with Crippen LogP contribution in [0.2, 0.25) is 0 Å². The Labute approximate surface area is 136 Å². The number of anilines is 1. The second kappa shape index (κ2) is 7.54. The first kappa shape index (κ1) is 16.7. The fourth-order valence-electron chi connectivity index (χ4n) is 2.09. The van der Waals surface area contributed by atoms with E-state index in [1.807, 2.05) is 24.3 Å². The van der Waals surface area contributed by atoms with E-state index >= 15 is 0 Å². The van der Waals surface area contributed by atoms with E-state index in [0.29, 0.717) is 17.4 Å². The highest BCUT2D eigenvalue weighted by molar-refractivity contribution is 5.90. The van der Waals surface area contributed by atoms with Crippen molar-refractivity contribution in [1.29, 1.82) is 0 Å². The Hall–Kier alpha value is -2.69. The zero-order valence-corrected chi connectivity index (χ0v) is 13.5.